The molecule has 3 atom stereocenters. The molecule has 0 aliphatic heterocycles. The van der Waals surface area contributed by atoms with Crippen LogP contribution in [0.25, 0.3) is 0 Å². The van der Waals surface area contributed by atoms with E-state index < -0.39 is 0 Å². The van der Waals surface area contributed by atoms with Crippen LogP contribution in [0.2, 0.25) is 0 Å². The quantitative estimate of drug-likeness (QED) is 0.856. The van der Waals surface area contributed by atoms with Crippen LogP contribution < -0.4 is 11.1 Å². The van der Waals surface area contributed by atoms with Gasteiger partial charge in [-0.05, 0) is 25.2 Å². The molecule has 0 saturated heterocycles. The minimum Gasteiger partial charge on any atom is -0.395 e. The van der Waals surface area contributed by atoms with Crippen LogP contribution in [0.4, 0.5) is 5.69 Å². The predicted molar refractivity (Wildman–Crippen MR) is 75.8 cm³/mol. The second kappa shape index (κ2) is 5.23. The topological polar surface area (TPSA) is 72.9 Å². The molecule has 1 amide bonds. The number of hydrogen-bond donors (Lipinski definition) is 2. The molecule has 1 aromatic heterocycles. The average Bonchev–Trinajstić information content (AvgIpc) is 2.59. The first-order valence-electron chi connectivity index (χ1n) is 7.01. The summed E-state index contributed by atoms with van der Waals surface area (Å²) in [6, 6.07) is 0.242. The number of nitrogens with zero attached hydrogens (tertiary/aromatic N) is 2. The number of rotatable bonds is 2. The first kappa shape index (κ1) is 13.9. The van der Waals surface area contributed by atoms with Gasteiger partial charge in [-0.3, -0.25) is 9.48 Å². The van der Waals surface area contributed by atoms with Crippen molar-refractivity contribution in [3.63, 3.8) is 0 Å². The van der Waals surface area contributed by atoms with Gasteiger partial charge in [-0.25, -0.2) is 0 Å². The van der Waals surface area contributed by atoms with Crippen molar-refractivity contribution < 1.29 is 4.79 Å². The Morgan fingerprint density at radius 3 is 2.68 bits per heavy atom. The molecule has 0 aromatic carbocycles. The lowest BCUT2D eigenvalue weighted by Gasteiger charge is -2.34. The molecule has 1 aliphatic carbocycles. The Labute approximate surface area is 114 Å². The highest BCUT2D eigenvalue weighted by Crippen LogP contribution is 2.29. The molecule has 1 saturated carbocycles. The van der Waals surface area contributed by atoms with Crippen molar-refractivity contribution >= 4 is 11.6 Å². The third kappa shape index (κ3) is 2.60. The van der Waals surface area contributed by atoms with Crippen LogP contribution in [0.15, 0.2) is 0 Å². The van der Waals surface area contributed by atoms with E-state index in [4.69, 9.17) is 5.73 Å². The number of aromatic nitrogens is 2. The van der Waals surface area contributed by atoms with Crippen molar-refractivity contribution in [3.05, 3.63) is 11.4 Å². The maximum Gasteiger partial charge on any atom is 0.271 e. The Morgan fingerprint density at radius 1 is 1.42 bits per heavy atom. The smallest absolute Gasteiger partial charge is 0.271 e. The molecule has 1 heterocycles. The molecule has 3 N–H and O–H groups in total. The van der Waals surface area contributed by atoms with E-state index in [1.165, 1.54) is 12.8 Å². The molecule has 0 bridgehead atoms. The number of nitrogens with one attached hydrogen (secondary N) is 1. The second-order valence-electron chi connectivity index (χ2n) is 5.82. The van der Waals surface area contributed by atoms with Gasteiger partial charge in [0.05, 0.1) is 11.4 Å². The summed E-state index contributed by atoms with van der Waals surface area (Å²) in [5.74, 6) is 1.06. The van der Waals surface area contributed by atoms with E-state index in [0.717, 1.165) is 6.42 Å². The van der Waals surface area contributed by atoms with Crippen LogP contribution >= 0.6 is 0 Å². The zero-order valence-electron chi connectivity index (χ0n) is 12.2. The van der Waals surface area contributed by atoms with Gasteiger partial charge in [0, 0.05) is 13.1 Å². The Kier molecular flexibility index (Phi) is 3.83. The summed E-state index contributed by atoms with van der Waals surface area (Å²) in [4.78, 5) is 12.4. The summed E-state index contributed by atoms with van der Waals surface area (Å²) in [7, 11) is 1.76. The van der Waals surface area contributed by atoms with Gasteiger partial charge >= 0.3 is 0 Å². The van der Waals surface area contributed by atoms with Gasteiger partial charge < -0.3 is 11.1 Å². The first-order chi connectivity index (χ1) is 8.91. The van der Waals surface area contributed by atoms with Crippen molar-refractivity contribution in [1.29, 1.82) is 0 Å². The SMILES string of the molecule is Cc1nn(C)c(C(=O)NC2CCCC(C)C2C)c1N. The summed E-state index contributed by atoms with van der Waals surface area (Å²) in [5, 5.41) is 7.32. The fraction of sp³-hybridized carbons (Fsp3) is 0.714. The molecule has 0 radical (unpaired) electrons. The molecule has 1 aliphatic rings. The van der Waals surface area contributed by atoms with Gasteiger partial charge in [-0.15, -0.1) is 0 Å². The molecular formula is C14H24N4O. The van der Waals surface area contributed by atoms with Crippen molar-refractivity contribution in [2.75, 3.05) is 5.73 Å². The van der Waals surface area contributed by atoms with E-state index in [1.807, 2.05) is 6.92 Å². The van der Waals surface area contributed by atoms with E-state index in [-0.39, 0.29) is 11.9 Å². The fourth-order valence-electron chi connectivity index (χ4n) is 2.97. The highest BCUT2D eigenvalue weighted by Gasteiger charge is 2.29. The van der Waals surface area contributed by atoms with E-state index in [2.05, 4.69) is 24.3 Å². The number of amides is 1. The number of nitrogens with two attached hydrogens (primary N) is 1. The van der Waals surface area contributed by atoms with E-state index in [0.29, 0.717) is 28.9 Å². The molecule has 5 heteroatoms. The van der Waals surface area contributed by atoms with Crippen LogP contribution in [-0.2, 0) is 7.05 Å². The maximum absolute atomic E-state index is 12.4. The van der Waals surface area contributed by atoms with Gasteiger partial charge in [0.15, 0.2) is 0 Å². The zero-order chi connectivity index (χ0) is 14.2. The van der Waals surface area contributed by atoms with Crippen LogP contribution in [0, 0.1) is 18.8 Å². The zero-order valence-corrected chi connectivity index (χ0v) is 12.2. The largest absolute Gasteiger partial charge is 0.395 e. The third-order valence-electron chi connectivity index (χ3n) is 4.51. The number of nitrogen functional groups attached to an aromatic ring is 1. The van der Waals surface area contributed by atoms with E-state index >= 15 is 0 Å². The number of carbonyl (C=O) groups excluding carboxylic acids is 1. The number of carbonyl (C=O) groups is 1. The lowest BCUT2D eigenvalue weighted by atomic mass is 9.78. The average molecular weight is 264 g/mol. The highest BCUT2D eigenvalue weighted by molar-refractivity contribution is 5.98. The molecule has 0 spiro atoms. The summed E-state index contributed by atoms with van der Waals surface area (Å²) in [6.45, 7) is 6.29. The molecule has 2 rings (SSSR count). The Bertz CT molecular complexity index is 480. The van der Waals surface area contributed by atoms with Crippen molar-refractivity contribution in [2.24, 2.45) is 18.9 Å². The molecule has 1 aromatic rings. The Morgan fingerprint density at radius 2 is 2.11 bits per heavy atom. The van der Waals surface area contributed by atoms with E-state index in [9.17, 15) is 4.79 Å². The lowest BCUT2D eigenvalue weighted by Crippen LogP contribution is -2.44. The van der Waals surface area contributed by atoms with Crippen LogP contribution in [-0.4, -0.2) is 21.7 Å². The molecule has 106 valence electrons. The monoisotopic (exact) mass is 264 g/mol. The molecule has 1 fully saturated rings. The predicted octanol–water partition coefficient (Wildman–Crippen LogP) is 1.87. The van der Waals surface area contributed by atoms with Crippen LogP contribution in [0.5, 0.6) is 0 Å². The maximum atomic E-state index is 12.4. The molecular weight excluding hydrogens is 240 g/mol. The fourth-order valence-corrected chi connectivity index (χ4v) is 2.97. The van der Waals surface area contributed by atoms with Gasteiger partial charge in [-0.1, -0.05) is 26.7 Å². The number of aryl methyl sites for hydroxylation is 2. The summed E-state index contributed by atoms with van der Waals surface area (Å²) in [6.07, 6.45) is 3.48. The van der Waals surface area contributed by atoms with Gasteiger partial charge in [0.25, 0.3) is 5.91 Å². The lowest BCUT2D eigenvalue weighted by molar-refractivity contribution is 0.0882. The molecule has 3 unspecified atom stereocenters. The van der Waals surface area contributed by atoms with Crippen molar-refractivity contribution in [2.45, 2.75) is 46.1 Å². The van der Waals surface area contributed by atoms with Crippen LogP contribution in [0.3, 0.4) is 0 Å². The van der Waals surface area contributed by atoms with Crippen molar-refractivity contribution in [3.8, 4) is 0 Å². The molecule has 5 nitrogen and oxygen atoms in total. The third-order valence-corrected chi connectivity index (χ3v) is 4.51. The molecule has 19 heavy (non-hydrogen) atoms. The van der Waals surface area contributed by atoms with Crippen molar-refractivity contribution in [1.82, 2.24) is 15.1 Å². The first-order valence-corrected chi connectivity index (χ1v) is 7.01. The standard InChI is InChI=1S/C14H24N4O/c1-8-6-5-7-11(9(8)2)16-14(19)13-12(15)10(3)17-18(13)4/h8-9,11H,5-7,15H2,1-4H3,(H,16,19). The minimum atomic E-state index is -0.105. The van der Waals surface area contributed by atoms with Gasteiger partial charge in [-0.2, -0.15) is 5.10 Å². The summed E-state index contributed by atoms with van der Waals surface area (Å²) < 4.78 is 1.57. The Balaban J connectivity index is 2.12. The summed E-state index contributed by atoms with van der Waals surface area (Å²) in [5.41, 5.74) is 7.59. The Hall–Kier alpha value is -1.52. The normalized spacial score (nSPS) is 27.3. The number of hydrogen-bond acceptors (Lipinski definition) is 3. The van der Waals surface area contributed by atoms with Gasteiger partial charge in [0.1, 0.15) is 5.69 Å². The van der Waals surface area contributed by atoms with Crippen LogP contribution in [0.1, 0.15) is 49.3 Å². The second-order valence-corrected chi connectivity index (χ2v) is 5.82. The van der Waals surface area contributed by atoms with E-state index in [1.54, 1.807) is 11.7 Å². The van der Waals surface area contributed by atoms with Gasteiger partial charge in [0.2, 0.25) is 0 Å². The highest BCUT2D eigenvalue weighted by atomic mass is 16.2. The number of anilines is 1. The summed E-state index contributed by atoms with van der Waals surface area (Å²) >= 11 is 0. The minimum absolute atomic E-state index is 0.105.